The Morgan fingerprint density at radius 1 is 0.947 bits per heavy atom. The number of carboxylic acid groups (broad SMARTS) is 1. The first-order valence-electron chi connectivity index (χ1n) is 13.2. The zero-order valence-corrected chi connectivity index (χ0v) is 25.4. The Labute approximate surface area is 236 Å². The first-order chi connectivity index (χ1) is 17.7. The largest absolute Gasteiger partial charge is 0.481 e. The van der Waals surface area contributed by atoms with Crippen molar-refractivity contribution in [1.29, 1.82) is 0 Å². The number of nitrogens with one attached hydrogen (secondary N) is 1. The van der Waals surface area contributed by atoms with Crippen LogP contribution >= 0.6 is 23.1 Å². The van der Waals surface area contributed by atoms with Crippen molar-refractivity contribution in [1.82, 2.24) is 5.32 Å². The first kappa shape index (κ1) is 30.0. The highest BCUT2D eigenvalue weighted by molar-refractivity contribution is 7.99. The van der Waals surface area contributed by atoms with Gasteiger partial charge in [0.2, 0.25) is 0 Å². The third-order valence-electron chi connectivity index (χ3n) is 6.73. The molecule has 3 aromatic rings. The average Bonchev–Trinajstić information content (AvgIpc) is 3.30. The topological polar surface area (TPSA) is 66.4 Å². The average molecular weight is 552 g/mol. The van der Waals surface area contributed by atoms with Crippen molar-refractivity contribution >= 4 is 35.0 Å². The van der Waals surface area contributed by atoms with E-state index >= 15 is 0 Å². The van der Waals surface area contributed by atoms with Gasteiger partial charge in [0.15, 0.2) is 0 Å². The predicted octanol–water partition coefficient (Wildman–Crippen LogP) is 8.29. The van der Waals surface area contributed by atoms with E-state index in [-0.39, 0.29) is 29.7 Å². The molecule has 0 aliphatic carbocycles. The Hall–Kier alpha value is -2.57. The molecule has 4 nitrogen and oxygen atoms in total. The number of amides is 1. The van der Waals surface area contributed by atoms with Crippen molar-refractivity contribution < 1.29 is 14.7 Å². The van der Waals surface area contributed by atoms with Gasteiger partial charge in [-0.3, -0.25) is 9.59 Å². The monoisotopic (exact) mass is 551 g/mol. The van der Waals surface area contributed by atoms with Gasteiger partial charge in [-0.1, -0.05) is 58.9 Å². The summed E-state index contributed by atoms with van der Waals surface area (Å²) >= 11 is 3.41. The lowest BCUT2D eigenvalue weighted by molar-refractivity contribution is -0.136. The molecule has 0 atom stereocenters. The molecule has 38 heavy (non-hydrogen) atoms. The standard InChI is InChI=1S/C32H41NO3S2/c1-21-18-26(19-22(2)29(21)23-8-10-24(11-9-23)31(3,4)5)37-20-32(6,7)16-14-25-12-13-27(38-25)30(36)33-17-15-28(34)35/h8-13,18-19H,14-17,20H2,1-7H3,(H,33,36)(H,34,35). The summed E-state index contributed by atoms with van der Waals surface area (Å²) in [6.45, 7) is 15.9. The van der Waals surface area contributed by atoms with Crippen LogP contribution in [0.25, 0.3) is 11.1 Å². The molecule has 0 aliphatic heterocycles. The van der Waals surface area contributed by atoms with Crippen LogP contribution in [0.2, 0.25) is 0 Å². The van der Waals surface area contributed by atoms with Gasteiger partial charge >= 0.3 is 5.97 Å². The van der Waals surface area contributed by atoms with Crippen LogP contribution < -0.4 is 5.32 Å². The van der Waals surface area contributed by atoms with E-state index < -0.39 is 5.97 Å². The van der Waals surface area contributed by atoms with Gasteiger partial charge in [0.25, 0.3) is 5.91 Å². The highest BCUT2D eigenvalue weighted by atomic mass is 32.2. The SMILES string of the molecule is Cc1cc(SCC(C)(C)CCc2ccc(C(=O)NCCC(=O)O)s2)cc(C)c1-c1ccc(C(C)(C)C)cc1. The minimum absolute atomic E-state index is 0.0673. The highest BCUT2D eigenvalue weighted by Crippen LogP contribution is 2.36. The van der Waals surface area contributed by atoms with Gasteiger partial charge in [-0.15, -0.1) is 23.1 Å². The maximum atomic E-state index is 12.2. The van der Waals surface area contributed by atoms with Gasteiger partial charge in [-0.2, -0.15) is 0 Å². The molecule has 2 N–H and O–H groups in total. The van der Waals surface area contributed by atoms with Crippen LogP contribution in [-0.2, 0) is 16.6 Å². The molecule has 0 fully saturated rings. The summed E-state index contributed by atoms with van der Waals surface area (Å²) in [6.07, 6.45) is 1.88. The van der Waals surface area contributed by atoms with E-state index in [0.29, 0.717) is 4.88 Å². The van der Waals surface area contributed by atoms with Crippen molar-refractivity contribution in [3.8, 4) is 11.1 Å². The molecule has 2 aromatic carbocycles. The second-order valence-corrected chi connectivity index (χ2v) is 14.1. The third-order valence-corrected chi connectivity index (χ3v) is 9.37. The maximum Gasteiger partial charge on any atom is 0.305 e. The maximum absolute atomic E-state index is 12.2. The normalized spacial score (nSPS) is 12.0. The van der Waals surface area contributed by atoms with Gasteiger partial charge in [0.1, 0.15) is 0 Å². The number of aliphatic carboxylic acids is 1. The Kier molecular flexibility index (Phi) is 9.88. The molecule has 1 heterocycles. The number of benzene rings is 2. The number of aryl methyl sites for hydroxylation is 3. The van der Waals surface area contributed by atoms with Crippen LogP contribution in [0, 0.1) is 19.3 Å². The van der Waals surface area contributed by atoms with E-state index in [0.717, 1.165) is 18.6 Å². The number of thioether (sulfide) groups is 1. The van der Waals surface area contributed by atoms with Gasteiger partial charge in [-0.05, 0) is 89.6 Å². The predicted molar refractivity (Wildman–Crippen MR) is 162 cm³/mol. The summed E-state index contributed by atoms with van der Waals surface area (Å²) < 4.78 is 0. The quantitative estimate of drug-likeness (QED) is 0.235. The lowest BCUT2D eigenvalue weighted by Gasteiger charge is -2.24. The fourth-order valence-corrected chi connectivity index (χ4v) is 6.56. The molecule has 204 valence electrons. The van der Waals surface area contributed by atoms with E-state index in [9.17, 15) is 9.59 Å². The molecule has 0 bridgehead atoms. The van der Waals surface area contributed by atoms with E-state index in [1.807, 2.05) is 23.9 Å². The fraction of sp³-hybridized carbons (Fsp3) is 0.438. The van der Waals surface area contributed by atoms with Crippen LogP contribution in [0.15, 0.2) is 53.4 Å². The first-order valence-corrected chi connectivity index (χ1v) is 15.0. The Morgan fingerprint density at radius 2 is 1.58 bits per heavy atom. The number of carbonyl (C=O) groups excluding carboxylic acids is 1. The van der Waals surface area contributed by atoms with Crippen molar-refractivity contribution in [2.45, 2.75) is 78.0 Å². The summed E-state index contributed by atoms with van der Waals surface area (Å²) in [5, 5.41) is 11.4. The Bertz CT molecular complexity index is 1240. The number of hydrogen-bond donors (Lipinski definition) is 2. The zero-order chi connectivity index (χ0) is 28.1. The molecule has 1 aromatic heterocycles. The van der Waals surface area contributed by atoms with Crippen molar-refractivity contribution in [3.05, 3.63) is 75.0 Å². The van der Waals surface area contributed by atoms with E-state index in [1.165, 1.54) is 48.9 Å². The summed E-state index contributed by atoms with van der Waals surface area (Å²) in [5.74, 6) is -0.0968. The fourth-order valence-electron chi connectivity index (χ4n) is 4.42. The minimum atomic E-state index is -0.913. The van der Waals surface area contributed by atoms with E-state index in [2.05, 4.69) is 90.2 Å². The summed E-state index contributed by atoms with van der Waals surface area (Å²) in [7, 11) is 0. The number of carbonyl (C=O) groups is 2. The molecular weight excluding hydrogens is 510 g/mol. The lowest BCUT2D eigenvalue weighted by Crippen LogP contribution is -2.25. The van der Waals surface area contributed by atoms with E-state index in [1.54, 1.807) is 0 Å². The molecule has 0 saturated carbocycles. The van der Waals surface area contributed by atoms with Gasteiger partial charge in [0, 0.05) is 22.1 Å². The molecule has 6 heteroatoms. The highest BCUT2D eigenvalue weighted by Gasteiger charge is 2.20. The van der Waals surface area contributed by atoms with Gasteiger partial charge in [-0.25, -0.2) is 0 Å². The molecule has 0 saturated heterocycles. The van der Waals surface area contributed by atoms with Crippen LogP contribution in [0.1, 0.15) is 78.7 Å². The summed E-state index contributed by atoms with van der Waals surface area (Å²) in [5.41, 5.74) is 6.86. The van der Waals surface area contributed by atoms with Crippen LogP contribution in [0.3, 0.4) is 0 Å². The molecule has 3 rings (SSSR count). The molecule has 0 unspecified atom stereocenters. The lowest BCUT2D eigenvalue weighted by atomic mass is 9.85. The summed E-state index contributed by atoms with van der Waals surface area (Å²) in [4.78, 5) is 26.0. The summed E-state index contributed by atoms with van der Waals surface area (Å²) in [6, 6.07) is 17.5. The van der Waals surface area contributed by atoms with Crippen molar-refractivity contribution in [2.75, 3.05) is 12.3 Å². The number of hydrogen-bond acceptors (Lipinski definition) is 4. The molecule has 0 aliphatic rings. The van der Waals surface area contributed by atoms with Crippen LogP contribution in [0.4, 0.5) is 0 Å². The zero-order valence-electron chi connectivity index (χ0n) is 23.7. The molecule has 1 amide bonds. The second kappa shape index (κ2) is 12.5. The van der Waals surface area contributed by atoms with Gasteiger partial charge < -0.3 is 10.4 Å². The minimum Gasteiger partial charge on any atom is -0.481 e. The van der Waals surface area contributed by atoms with Crippen molar-refractivity contribution in [3.63, 3.8) is 0 Å². The van der Waals surface area contributed by atoms with Crippen molar-refractivity contribution in [2.24, 2.45) is 5.41 Å². The second-order valence-electron chi connectivity index (χ2n) is 11.9. The van der Waals surface area contributed by atoms with Crippen LogP contribution in [-0.4, -0.2) is 29.3 Å². The smallest absolute Gasteiger partial charge is 0.305 e. The molecular formula is C32H41NO3S2. The Balaban J connectivity index is 1.57. The van der Waals surface area contributed by atoms with E-state index in [4.69, 9.17) is 5.11 Å². The number of rotatable bonds is 11. The number of thiophene rings is 1. The number of carboxylic acids is 1. The third kappa shape index (κ3) is 8.47. The Morgan fingerprint density at radius 3 is 2.16 bits per heavy atom. The molecule has 0 spiro atoms. The molecule has 0 radical (unpaired) electrons. The van der Waals surface area contributed by atoms with Crippen LogP contribution in [0.5, 0.6) is 0 Å². The van der Waals surface area contributed by atoms with Gasteiger partial charge in [0.05, 0.1) is 11.3 Å².